The average Bonchev–Trinajstić information content (AvgIpc) is 3.09. The fraction of sp³-hybridized carbons (Fsp3) is 0.500. The molecule has 0 radical (unpaired) electrons. The van der Waals surface area contributed by atoms with Gasteiger partial charge in [-0.3, -0.25) is 9.20 Å². The van der Waals surface area contributed by atoms with Crippen LogP contribution in [0.3, 0.4) is 0 Å². The average molecular weight is 273 g/mol. The predicted molar refractivity (Wildman–Crippen MR) is 75.7 cm³/mol. The van der Waals surface area contributed by atoms with Gasteiger partial charge in [0, 0.05) is 19.3 Å². The van der Waals surface area contributed by atoms with E-state index in [9.17, 15) is 4.79 Å². The number of rotatable bonds is 4. The van der Waals surface area contributed by atoms with Crippen LogP contribution in [-0.2, 0) is 0 Å². The van der Waals surface area contributed by atoms with Gasteiger partial charge in [0.1, 0.15) is 5.82 Å². The van der Waals surface area contributed by atoms with E-state index < -0.39 is 0 Å². The molecule has 3 heterocycles. The molecule has 0 atom stereocenters. The molecule has 20 heavy (non-hydrogen) atoms. The van der Waals surface area contributed by atoms with Gasteiger partial charge in [-0.25, -0.2) is 0 Å². The maximum absolute atomic E-state index is 12.1. The number of aromatic nitrogens is 3. The normalized spacial score (nSPS) is 15.8. The highest BCUT2D eigenvalue weighted by Crippen LogP contribution is 2.07. The summed E-state index contributed by atoms with van der Waals surface area (Å²) >= 11 is 0. The van der Waals surface area contributed by atoms with Crippen molar-refractivity contribution in [2.45, 2.75) is 19.8 Å². The third-order valence-electron chi connectivity index (χ3n) is 3.75. The summed E-state index contributed by atoms with van der Waals surface area (Å²) in [4.78, 5) is 14.5. The van der Waals surface area contributed by atoms with Crippen molar-refractivity contribution in [2.24, 2.45) is 0 Å². The summed E-state index contributed by atoms with van der Waals surface area (Å²) in [6.45, 7) is 5.80. The number of aryl methyl sites for hydroxylation is 1. The first-order chi connectivity index (χ1) is 9.74. The largest absolute Gasteiger partial charge is 0.351 e. The molecule has 2 aromatic heterocycles. The van der Waals surface area contributed by atoms with Crippen molar-refractivity contribution in [3.63, 3.8) is 0 Å². The molecule has 1 aliphatic rings. The van der Waals surface area contributed by atoms with Gasteiger partial charge in [-0.1, -0.05) is 0 Å². The Morgan fingerprint density at radius 2 is 2.10 bits per heavy atom. The minimum atomic E-state index is -0.0424. The van der Waals surface area contributed by atoms with Crippen molar-refractivity contribution in [3.8, 4) is 0 Å². The van der Waals surface area contributed by atoms with Crippen LogP contribution in [0.5, 0.6) is 0 Å². The van der Waals surface area contributed by atoms with Crippen LogP contribution in [0.4, 0.5) is 0 Å². The zero-order chi connectivity index (χ0) is 13.9. The second kappa shape index (κ2) is 5.58. The number of nitrogens with zero attached hydrogens (tertiary/aromatic N) is 4. The standard InChI is InChI=1S/C14H19N5O/c1-11-16-17-13-5-4-12(10-19(11)13)14(20)15-6-9-18-7-2-3-8-18/h4-5,10H,2-3,6-9H2,1H3,(H,15,20). The van der Waals surface area contributed by atoms with Gasteiger partial charge in [0.2, 0.25) is 0 Å². The molecule has 6 nitrogen and oxygen atoms in total. The van der Waals surface area contributed by atoms with Crippen LogP contribution in [0.15, 0.2) is 18.3 Å². The van der Waals surface area contributed by atoms with Gasteiger partial charge in [0.05, 0.1) is 5.56 Å². The maximum Gasteiger partial charge on any atom is 0.252 e. The van der Waals surface area contributed by atoms with E-state index >= 15 is 0 Å². The smallest absolute Gasteiger partial charge is 0.252 e. The monoisotopic (exact) mass is 273 g/mol. The Balaban J connectivity index is 1.61. The lowest BCUT2D eigenvalue weighted by atomic mass is 10.2. The van der Waals surface area contributed by atoms with Gasteiger partial charge in [0.15, 0.2) is 5.65 Å². The van der Waals surface area contributed by atoms with Crippen LogP contribution in [0, 0.1) is 6.92 Å². The number of likely N-dealkylation sites (tertiary alicyclic amines) is 1. The topological polar surface area (TPSA) is 62.5 Å². The van der Waals surface area contributed by atoms with Gasteiger partial charge in [-0.2, -0.15) is 0 Å². The molecule has 2 aromatic rings. The Kier molecular flexibility index (Phi) is 3.64. The number of hydrogen-bond donors (Lipinski definition) is 1. The number of nitrogens with one attached hydrogen (secondary N) is 1. The number of amides is 1. The summed E-state index contributed by atoms with van der Waals surface area (Å²) in [5.41, 5.74) is 1.40. The van der Waals surface area contributed by atoms with E-state index in [-0.39, 0.29) is 5.91 Å². The Hall–Kier alpha value is -1.95. The van der Waals surface area contributed by atoms with Crippen LogP contribution < -0.4 is 5.32 Å². The summed E-state index contributed by atoms with van der Waals surface area (Å²) in [5.74, 6) is 0.742. The quantitative estimate of drug-likeness (QED) is 0.897. The van der Waals surface area contributed by atoms with Gasteiger partial charge in [0.25, 0.3) is 5.91 Å². The molecular formula is C14H19N5O. The Labute approximate surface area is 117 Å². The van der Waals surface area contributed by atoms with E-state index in [0.717, 1.165) is 31.1 Å². The molecule has 0 unspecified atom stereocenters. The molecule has 1 fully saturated rings. The van der Waals surface area contributed by atoms with Crippen molar-refractivity contribution in [1.29, 1.82) is 0 Å². The summed E-state index contributed by atoms with van der Waals surface area (Å²) < 4.78 is 1.83. The van der Waals surface area contributed by atoms with Gasteiger partial charge in [-0.05, 0) is 45.0 Å². The third kappa shape index (κ3) is 2.65. The van der Waals surface area contributed by atoms with E-state index in [1.807, 2.05) is 17.4 Å². The van der Waals surface area contributed by atoms with Crippen molar-refractivity contribution in [2.75, 3.05) is 26.2 Å². The Morgan fingerprint density at radius 3 is 2.90 bits per heavy atom. The van der Waals surface area contributed by atoms with E-state index in [1.165, 1.54) is 12.8 Å². The van der Waals surface area contributed by atoms with Gasteiger partial charge < -0.3 is 10.2 Å². The molecule has 0 aliphatic carbocycles. The predicted octanol–water partition coefficient (Wildman–Crippen LogP) is 0.863. The highest BCUT2D eigenvalue weighted by atomic mass is 16.1. The Bertz CT molecular complexity index is 615. The molecule has 0 spiro atoms. The van der Waals surface area contributed by atoms with Crippen LogP contribution in [0.25, 0.3) is 5.65 Å². The zero-order valence-electron chi connectivity index (χ0n) is 11.7. The van der Waals surface area contributed by atoms with E-state index in [1.54, 1.807) is 12.3 Å². The highest BCUT2D eigenvalue weighted by Gasteiger charge is 2.12. The fourth-order valence-corrected chi connectivity index (χ4v) is 2.58. The minimum absolute atomic E-state index is 0.0424. The number of carbonyl (C=O) groups excluding carboxylic acids is 1. The van der Waals surface area contributed by atoms with Crippen molar-refractivity contribution in [1.82, 2.24) is 24.8 Å². The minimum Gasteiger partial charge on any atom is -0.351 e. The lowest BCUT2D eigenvalue weighted by Gasteiger charge is -2.14. The van der Waals surface area contributed by atoms with Crippen molar-refractivity contribution < 1.29 is 4.79 Å². The molecule has 0 saturated carbocycles. The highest BCUT2D eigenvalue weighted by molar-refractivity contribution is 5.94. The molecular weight excluding hydrogens is 254 g/mol. The number of fused-ring (bicyclic) bond motifs is 1. The van der Waals surface area contributed by atoms with E-state index in [4.69, 9.17) is 0 Å². The first-order valence-corrected chi connectivity index (χ1v) is 7.06. The van der Waals surface area contributed by atoms with Crippen LogP contribution in [0.2, 0.25) is 0 Å². The van der Waals surface area contributed by atoms with Crippen LogP contribution >= 0.6 is 0 Å². The molecule has 106 valence electrons. The second-order valence-electron chi connectivity index (χ2n) is 5.20. The summed E-state index contributed by atoms with van der Waals surface area (Å²) in [6, 6.07) is 3.60. The molecule has 0 aromatic carbocycles. The summed E-state index contributed by atoms with van der Waals surface area (Å²) in [6.07, 6.45) is 4.34. The first-order valence-electron chi connectivity index (χ1n) is 7.06. The van der Waals surface area contributed by atoms with E-state index in [2.05, 4.69) is 20.4 Å². The molecule has 0 bridgehead atoms. The first kappa shape index (κ1) is 13.1. The molecule has 1 amide bonds. The van der Waals surface area contributed by atoms with Crippen LogP contribution in [0.1, 0.15) is 29.0 Å². The second-order valence-corrected chi connectivity index (χ2v) is 5.20. The number of pyridine rings is 1. The number of hydrogen-bond acceptors (Lipinski definition) is 4. The van der Waals surface area contributed by atoms with Crippen LogP contribution in [-0.4, -0.2) is 51.6 Å². The van der Waals surface area contributed by atoms with Gasteiger partial charge in [-0.15, -0.1) is 10.2 Å². The molecule has 3 rings (SSSR count). The van der Waals surface area contributed by atoms with Crippen molar-refractivity contribution in [3.05, 3.63) is 29.7 Å². The maximum atomic E-state index is 12.1. The molecule has 1 saturated heterocycles. The summed E-state index contributed by atoms with van der Waals surface area (Å²) in [7, 11) is 0. The number of carbonyl (C=O) groups is 1. The van der Waals surface area contributed by atoms with Gasteiger partial charge >= 0.3 is 0 Å². The summed E-state index contributed by atoms with van der Waals surface area (Å²) in [5, 5.41) is 11.0. The lowest BCUT2D eigenvalue weighted by Crippen LogP contribution is -2.33. The molecule has 1 aliphatic heterocycles. The fourth-order valence-electron chi connectivity index (χ4n) is 2.58. The van der Waals surface area contributed by atoms with E-state index in [0.29, 0.717) is 12.1 Å². The third-order valence-corrected chi connectivity index (χ3v) is 3.75. The lowest BCUT2D eigenvalue weighted by molar-refractivity contribution is 0.0949. The SMILES string of the molecule is Cc1nnc2ccc(C(=O)NCCN3CCCC3)cn12. The Morgan fingerprint density at radius 1 is 1.30 bits per heavy atom. The van der Waals surface area contributed by atoms with Crippen molar-refractivity contribution >= 4 is 11.6 Å². The molecule has 1 N–H and O–H groups in total. The zero-order valence-corrected chi connectivity index (χ0v) is 11.7. The molecule has 6 heteroatoms.